The monoisotopic (exact) mass is 407 g/mol. The van der Waals surface area contributed by atoms with E-state index in [4.69, 9.17) is 11.6 Å². The van der Waals surface area contributed by atoms with Gasteiger partial charge in [0.05, 0.1) is 5.69 Å². The molecule has 0 fully saturated rings. The van der Waals surface area contributed by atoms with Crippen molar-refractivity contribution in [2.24, 2.45) is 7.05 Å². The second kappa shape index (κ2) is 7.47. The van der Waals surface area contributed by atoms with E-state index in [0.717, 1.165) is 42.5 Å². The number of alkyl halides is 1. The number of aromatic nitrogens is 2. The first-order valence-electron chi connectivity index (χ1n) is 9.75. The summed E-state index contributed by atoms with van der Waals surface area (Å²) >= 11 is 5.86. The third-order valence-electron chi connectivity index (χ3n) is 6.22. The molecule has 7 heteroatoms. The zero-order chi connectivity index (χ0) is 20.0. The summed E-state index contributed by atoms with van der Waals surface area (Å²) < 4.78 is 31.3. The highest BCUT2D eigenvalue weighted by molar-refractivity contribution is 6.27. The molecule has 0 bridgehead atoms. The molecule has 1 amide bonds. The van der Waals surface area contributed by atoms with Gasteiger partial charge in [-0.3, -0.25) is 9.48 Å². The van der Waals surface area contributed by atoms with Crippen LogP contribution in [0.2, 0.25) is 0 Å². The topological polar surface area (TPSA) is 38.1 Å². The summed E-state index contributed by atoms with van der Waals surface area (Å²) in [6, 6.07) is -0.122. The maximum atomic E-state index is 14.9. The SMILES string of the molecule is Cc1c(CN(C(=O)CCl)C2CCc3cn(C)nc3C2)c(F)c(F)c2c1CCC2. The lowest BCUT2D eigenvalue weighted by Gasteiger charge is -2.34. The number of fused-ring (bicyclic) bond motifs is 2. The number of benzene rings is 1. The van der Waals surface area contributed by atoms with Crippen LogP contribution in [0.25, 0.3) is 0 Å². The van der Waals surface area contributed by atoms with Gasteiger partial charge in [0.25, 0.3) is 0 Å². The van der Waals surface area contributed by atoms with Crippen molar-refractivity contribution in [3.8, 4) is 0 Å². The van der Waals surface area contributed by atoms with Gasteiger partial charge in [-0.25, -0.2) is 8.78 Å². The molecule has 1 aromatic carbocycles. The van der Waals surface area contributed by atoms with Crippen molar-refractivity contribution in [2.45, 2.75) is 58.0 Å². The number of aryl methyl sites for hydroxylation is 2. The van der Waals surface area contributed by atoms with Crippen LogP contribution in [0.15, 0.2) is 6.20 Å². The third-order valence-corrected chi connectivity index (χ3v) is 6.45. The third kappa shape index (κ3) is 3.21. The largest absolute Gasteiger partial charge is 0.334 e. The van der Waals surface area contributed by atoms with Gasteiger partial charge in [-0.2, -0.15) is 5.10 Å². The summed E-state index contributed by atoms with van der Waals surface area (Å²) in [5, 5.41) is 4.48. The van der Waals surface area contributed by atoms with Crippen molar-refractivity contribution >= 4 is 17.5 Å². The molecular weight excluding hydrogens is 384 g/mol. The van der Waals surface area contributed by atoms with Gasteiger partial charge in [-0.1, -0.05) is 0 Å². The zero-order valence-corrected chi connectivity index (χ0v) is 17.0. The number of amides is 1. The number of halogens is 3. The lowest BCUT2D eigenvalue weighted by molar-refractivity contribution is -0.131. The zero-order valence-electron chi connectivity index (χ0n) is 16.2. The molecule has 150 valence electrons. The maximum absolute atomic E-state index is 14.9. The molecule has 2 aromatic rings. The van der Waals surface area contributed by atoms with E-state index in [1.54, 1.807) is 9.58 Å². The number of rotatable bonds is 4. The van der Waals surface area contributed by atoms with E-state index in [1.165, 1.54) is 5.56 Å². The van der Waals surface area contributed by atoms with Gasteiger partial charge in [0.1, 0.15) is 5.88 Å². The fraction of sp³-hybridized carbons (Fsp3) is 0.524. The first kappa shape index (κ1) is 19.4. The maximum Gasteiger partial charge on any atom is 0.238 e. The molecule has 1 atom stereocenters. The summed E-state index contributed by atoms with van der Waals surface area (Å²) in [6.45, 7) is 1.88. The minimum atomic E-state index is -0.820. The fourth-order valence-electron chi connectivity index (χ4n) is 4.75. The quantitative estimate of drug-likeness (QED) is 0.726. The average Bonchev–Trinajstić information content (AvgIpc) is 3.31. The molecule has 1 unspecified atom stereocenters. The van der Waals surface area contributed by atoms with Crippen LogP contribution in [0.3, 0.4) is 0 Å². The van der Waals surface area contributed by atoms with Gasteiger partial charge in [0.15, 0.2) is 11.6 Å². The Bertz CT molecular complexity index is 940. The lowest BCUT2D eigenvalue weighted by atomic mass is 9.91. The van der Waals surface area contributed by atoms with Crippen LogP contribution in [-0.2, 0) is 44.1 Å². The number of hydrogen-bond donors (Lipinski definition) is 0. The molecule has 2 aliphatic carbocycles. The van der Waals surface area contributed by atoms with E-state index in [-0.39, 0.29) is 29.9 Å². The Morgan fingerprint density at radius 2 is 2.04 bits per heavy atom. The van der Waals surface area contributed by atoms with Crippen LogP contribution in [0.5, 0.6) is 0 Å². The van der Waals surface area contributed by atoms with Crippen LogP contribution in [0.1, 0.15) is 46.4 Å². The Morgan fingerprint density at radius 3 is 2.79 bits per heavy atom. The van der Waals surface area contributed by atoms with Crippen molar-refractivity contribution in [3.63, 3.8) is 0 Å². The van der Waals surface area contributed by atoms with Crippen LogP contribution < -0.4 is 0 Å². The Labute approximate surface area is 168 Å². The van der Waals surface area contributed by atoms with Crippen molar-refractivity contribution in [3.05, 3.63) is 51.3 Å². The smallest absolute Gasteiger partial charge is 0.238 e. The van der Waals surface area contributed by atoms with E-state index in [1.807, 2.05) is 20.2 Å². The molecule has 4 rings (SSSR count). The molecule has 0 spiro atoms. The Hall–Kier alpha value is -1.95. The van der Waals surface area contributed by atoms with E-state index >= 15 is 0 Å². The second-order valence-corrected chi connectivity index (χ2v) is 8.14. The van der Waals surface area contributed by atoms with Gasteiger partial charge >= 0.3 is 0 Å². The molecular formula is C21H24ClF2N3O. The summed E-state index contributed by atoms with van der Waals surface area (Å²) in [5.74, 6) is -2.01. The highest BCUT2D eigenvalue weighted by atomic mass is 35.5. The molecule has 1 aromatic heterocycles. The Balaban J connectivity index is 1.67. The summed E-state index contributed by atoms with van der Waals surface area (Å²) in [6.07, 6.45) is 6.34. The number of carbonyl (C=O) groups is 1. The average molecular weight is 408 g/mol. The molecule has 0 N–H and O–H groups in total. The minimum Gasteiger partial charge on any atom is -0.334 e. The van der Waals surface area contributed by atoms with Crippen molar-refractivity contribution in [2.75, 3.05) is 5.88 Å². The van der Waals surface area contributed by atoms with Crippen LogP contribution in [0, 0.1) is 18.6 Å². The molecule has 0 radical (unpaired) electrons. The molecule has 28 heavy (non-hydrogen) atoms. The first-order chi connectivity index (χ1) is 13.4. The number of hydrogen-bond acceptors (Lipinski definition) is 2. The van der Waals surface area contributed by atoms with E-state index in [0.29, 0.717) is 18.4 Å². The molecule has 0 saturated heterocycles. The van der Waals surface area contributed by atoms with Gasteiger partial charge in [-0.05, 0) is 61.3 Å². The number of carbonyl (C=O) groups excluding carboxylic acids is 1. The normalized spacial score (nSPS) is 18.1. The van der Waals surface area contributed by atoms with Crippen molar-refractivity contribution < 1.29 is 13.6 Å². The molecule has 2 aliphatic rings. The van der Waals surface area contributed by atoms with E-state index < -0.39 is 11.6 Å². The van der Waals surface area contributed by atoms with Crippen LogP contribution >= 0.6 is 11.6 Å². The van der Waals surface area contributed by atoms with Gasteiger partial charge in [-0.15, -0.1) is 11.6 Å². The molecule has 4 nitrogen and oxygen atoms in total. The highest BCUT2D eigenvalue weighted by Gasteiger charge is 2.32. The van der Waals surface area contributed by atoms with Gasteiger partial charge in [0.2, 0.25) is 5.91 Å². The lowest BCUT2D eigenvalue weighted by Crippen LogP contribution is -2.44. The Kier molecular flexibility index (Phi) is 5.17. The minimum absolute atomic E-state index is 0.0419. The summed E-state index contributed by atoms with van der Waals surface area (Å²) in [7, 11) is 1.88. The summed E-state index contributed by atoms with van der Waals surface area (Å²) in [5.41, 5.74) is 4.61. The van der Waals surface area contributed by atoms with Crippen LogP contribution in [0.4, 0.5) is 8.78 Å². The van der Waals surface area contributed by atoms with Gasteiger partial charge < -0.3 is 4.90 Å². The van der Waals surface area contributed by atoms with Gasteiger partial charge in [0, 0.05) is 37.8 Å². The van der Waals surface area contributed by atoms with E-state index in [9.17, 15) is 13.6 Å². The molecule has 1 heterocycles. The first-order valence-corrected chi connectivity index (χ1v) is 10.3. The summed E-state index contributed by atoms with van der Waals surface area (Å²) in [4.78, 5) is 14.2. The fourth-order valence-corrected chi connectivity index (χ4v) is 4.90. The van der Waals surface area contributed by atoms with E-state index in [2.05, 4.69) is 5.10 Å². The van der Waals surface area contributed by atoms with Crippen LogP contribution in [-0.4, -0.2) is 32.5 Å². The predicted molar refractivity (Wildman–Crippen MR) is 103 cm³/mol. The standard InChI is InChI=1S/C21H24ClF2N3O/c1-12-15-4-3-5-16(15)20(23)21(24)17(12)11-27(19(28)9-22)14-7-6-13-10-26(2)25-18(13)8-14/h10,14H,3-9,11H2,1-2H3. The number of nitrogens with zero attached hydrogens (tertiary/aromatic N) is 3. The molecule has 0 saturated carbocycles. The highest BCUT2D eigenvalue weighted by Crippen LogP contribution is 2.34. The van der Waals surface area contributed by atoms with Crippen molar-refractivity contribution in [1.82, 2.24) is 14.7 Å². The molecule has 0 aliphatic heterocycles. The van der Waals surface area contributed by atoms with Crippen molar-refractivity contribution in [1.29, 1.82) is 0 Å². The predicted octanol–water partition coefficient (Wildman–Crippen LogP) is 3.62. The Morgan fingerprint density at radius 1 is 1.29 bits per heavy atom. The second-order valence-electron chi connectivity index (χ2n) is 7.87.